The Hall–Kier alpha value is -4.57. The van der Waals surface area contributed by atoms with Gasteiger partial charge in [-0.2, -0.15) is 0 Å². The first kappa shape index (κ1) is 19.9. The molecule has 0 unspecified atom stereocenters. The van der Waals surface area contributed by atoms with Crippen LogP contribution >= 0.6 is 0 Å². The topological polar surface area (TPSA) is 24.3 Å². The maximum Gasteiger partial charge on any atom is 0.137 e. The van der Waals surface area contributed by atoms with Crippen LogP contribution < -0.4 is 9.80 Å². The Balaban J connectivity index is 1.48. The lowest BCUT2D eigenvalue weighted by atomic mass is 10.0. The lowest BCUT2D eigenvalue weighted by Crippen LogP contribution is -2.23. The largest absolute Gasteiger partial charge is 0.355 e. The molecule has 0 fully saturated rings. The van der Waals surface area contributed by atoms with Gasteiger partial charge in [-0.15, -0.1) is 0 Å². The average molecular weight is 453 g/mol. The van der Waals surface area contributed by atoms with Gasteiger partial charge >= 0.3 is 0 Å². The van der Waals surface area contributed by atoms with Crippen molar-refractivity contribution >= 4 is 38.9 Å². The number of aromatic nitrogens is 2. The molecule has 0 aliphatic carbocycles. The molecule has 4 nitrogen and oxygen atoms in total. The van der Waals surface area contributed by atoms with Crippen LogP contribution in [0.15, 0.2) is 115 Å². The fraction of sp³-hybridized carbons (Fsp3) is 0.0645. The summed E-state index contributed by atoms with van der Waals surface area (Å²) >= 11 is 0. The number of nitrogens with zero attached hydrogens (tertiary/aromatic N) is 4. The summed E-state index contributed by atoms with van der Waals surface area (Å²) < 4.78 is 2.30. The van der Waals surface area contributed by atoms with Gasteiger partial charge in [-0.25, -0.2) is 4.98 Å². The Bertz CT molecular complexity index is 1690. The number of pyridine rings is 1. The second kappa shape index (κ2) is 7.74. The maximum atomic E-state index is 4.74. The smallest absolute Gasteiger partial charge is 0.137 e. The minimum absolute atomic E-state index is 0.826. The van der Waals surface area contributed by atoms with Crippen molar-refractivity contribution in [3.05, 3.63) is 115 Å². The highest BCUT2D eigenvalue weighted by atomic mass is 15.4. The molecule has 4 heteroatoms. The molecule has 4 aromatic carbocycles. The average Bonchev–Trinajstić information content (AvgIpc) is 3.43. The number of hydrogen-bond donors (Lipinski definition) is 0. The fourth-order valence-corrected chi connectivity index (χ4v) is 5.32. The Kier molecular flexibility index (Phi) is 4.39. The van der Waals surface area contributed by atoms with Crippen molar-refractivity contribution in [2.45, 2.75) is 0 Å². The van der Waals surface area contributed by atoms with Crippen LogP contribution in [-0.4, -0.2) is 23.3 Å². The van der Waals surface area contributed by atoms with E-state index in [0.29, 0.717) is 0 Å². The van der Waals surface area contributed by atoms with E-state index in [2.05, 4.69) is 125 Å². The monoisotopic (exact) mass is 452 g/mol. The highest BCUT2D eigenvalue weighted by Gasteiger charge is 2.25. The zero-order chi connectivity index (χ0) is 23.4. The van der Waals surface area contributed by atoms with Crippen LogP contribution in [0.2, 0.25) is 0 Å². The molecule has 0 radical (unpaired) electrons. The molecule has 0 amide bonds. The Morgan fingerprint density at radius 3 is 2.14 bits per heavy atom. The molecule has 168 valence electrons. The summed E-state index contributed by atoms with van der Waals surface area (Å²) in [5.41, 5.74) is 8.41. The molecule has 0 atom stereocenters. The quantitative estimate of drug-likeness (QED) is 0.280. The Morgan fingerprint density at radius 2 is 1.34 bits per heavy atom. The van der Waals surface area contributed by atoms with E-state index in [-0.39, 0.29) is 0 Å². The normalized spacial score (nSPS) is 13.1. The summed E-state index contributed by atoms with van der Waals surface area (Å²) in [6.45, 7) is 0.826. The predicted molar refractivity (Wildman–Crippen MR) is 146 cm³/mol. The van der Waals surface area contributed by atoms with Crippen LogP contribution in [-0.2, 0) is 0 Å². The standard InChI is InChI=1S/C31H24N4/c1-33-21-34(28-12-6-5-11-27(28)33)24-15-17-26-25-16-14-23(22-9-3-2-4-10-22)19-29(25)35(30(26)20-24)31-13-7-8-18-32-31/h2-20H,21H2,1H3. The van der Waals surface area contributed by atoms with Crippen molar-refractivity contribution in [3.63, 3.8) is 0 Å². The third-order valence-electron chi connectivity index (χ3n) is 6.99. The summed E-state index contributed by atoms with van der Waals surface area (Å²) in [5.74, 6) is 0.925. The van der Waals surface area contributed by atoms with Gasteiger partial charge in [0.15, 0.2) is 0 Å². The van der Waals surface area contributed by atoms with Crippen molar-refractivity contribution in [1.29, 1.82) is 0 Å². The second-order valence-electron chi connectivity index (χ2n) is 9.08. The summed E-state index contributed by atoms with van der Waals surface area (Å²) in [7, 11) is 2.15. The molecular formula is C31H24N4. The van der Waals surface area contributed by atoms with Crippen molar-refractivity contribution < 1.29 is 0 Å². The van der Waals surface area contributed by atoms with E-state index in [1.807, 2.05) is 12.3 Å². The van der Waals surface area contributed by atoms with Crippen molar-refractivity contribution in [2.75, 3.05) is 23.5 Å². The van der Waals surface area contributed by atoms with Gasteiger partial charge in [0.1, 0.15) is 5.82 Å². The molecule has 0 saturated carbocycles. The molecule has 6 aromatic rings. The molecule has 0 spiro atoms. The van der Waals surface area contributed by atoms with E-state index < -0.39 is 0 Å². The van der Waals surface area contributed by atoms with Gasteiger partial charge in [0, 0.05) is 29.7 Å². The van der Waals surface area contributed by atoms with E-state index >= 15 is 0 Å². The second-order valence-corrected chi connectivity index (χ2v) is 9.08. The van der Waals surface area contributed by atoms with E-state index in [9.17, 15) is 0 Å². The van der Waals surface area contributed by atoms with Crippen LogP contribution in [0, 0.1) is 0 Å². The van der Waals surface area contributed by atoms with Gasteiger partial charge in [-0.05, 0) is 53.6 Å². The number of fused-ring (bicyclic) bond motifs is 4. The number of benzene rings is 4. The fourth-order valence-electron chi connectivity index (χ4n) is 5.32. The van der Waals surface area contributed by atoms with Crippen LogP contribution in [0.3, 0.4) is 0 Å². The maximum absolute atomic E-state index is 4.74. The predicted octanol–water partition coefficient (Wildman–Crippen LogP) is 7.39. The zero-order valence-electron chi connectivity index (χ0n) is 19.5. The first-order chi connectivity index (χ1) is 17.3. The molecule has 7 rings (SSSR count). The third-order valence-corrected chi connectivity index (χ3v) is 6.99. The van der Waals surface area contributed by atoms with Crippen molar-refractivity contribution in [2.24, 2.45) is 0 Å². The van der Waals surface area contributed by atoms with Gasteiger partial charge in [0.25, 0.3) is 0 Å². The van der Waals surface area contributed by atoms with Gasteiger partial charge in [0.05, 0.1) is 29.1 Å². The van der Waals surface area contributed by atoms with Crippen LogP contribution in [0.5, 0.6) is 0 Å². The molecule has 0 N–H and O–H groups in total. The van der Waals surface area contributed by atoms with Crippen LogP contribution in [0.1, 0.15) is 0 Å². The SMILES string of the molecule is CN1CN(c2ccc3c4ccc(-c5ccccc5)cc4n(-c4ccccn4)c3c2)c2ccccc21. The molecule has 0 bridgehead atoms. The number of para-hydroxylation sites is 2. The van der Waals surface area contributed by atoms with E-state index in [1.54, 1.807) is 0 Å². The zero-order valence-corrected chi connectivity index (χ0v) is 19.5. The minimum Gasteiger partial charge on any atom is -0.355 e. The Morgan fingerprint density at radius 1 is 0.629 bits per heavy atom. The van der Waals surface area contributed by atoms with Gasteiger partial charge in [-0.3, -0.25) is 4.57 Å². The van der Waals surface area contributed by atoms with Crippen LogP contribution in [0.4, 0.5) is 17.1 Å². The first-order valence-corrected chi connectivity index (χ1v) is 11.9. The van der Waals surface area contributed by atoms with Crippen molar-refractivity contribution in [1.82, 2.24) is 9.55 Å². The van der Waals surface area contributed by atoms with Gasteiger partial charge < -0.3 is 9.80 Å². The molecule has 2 aromatic heterocycles. The molecule has 1 aliphatic heterocycles. The van der Waals surface area contributed by atoms with Crippen molar-refractivity contribution in [3.8, 4) is 16.9 Å². The van der Waals surface area contributed by atoms with Gasteiger partial charge in [0.2, 0.25) is 0 Å². The van der Waals surface area contributed by atoms with E-state index in [0.717, 1.165) is 23.5 Å². The van der Waals surface area contributed by atoms with Gasteiger partial charge in [-0.1, -0.05) is 66.7 Å². The first-order valence-electron chi connectivity index (χ1n) is 11.9. The molecular weight excluding hydrogens is 428 g/mol. The van der Waals surface area contributed by atoms with E-state index in [1.165, 1.54) is 39.0 Å². The third kappa shape index (κ3) is 3.11. The summed E-state index contributed by atoms with van der Waals surface area (Å²) in [6, 6.07) is 38.8. The lowest BCUT2D eigenvalue weighted by molar-refractivity contribution is 0.950. The molecule has 3 heterocycles. The molecule has 35 heavy (non-hydrogen) atoms. The number of hydrogen-bond acceptors (Lipinski definition) is 3. The highest BCUT2D eigenvalue weighted by molar-refractivity contribution is 6.11. The molecule has 1 aliphatic rings. The minimum atomic E-state index is 0.826. The number of anilines is 3. The number of rotatable bonds is 3. The lowest BCUT2D eigenvalue weighted by Gasteiger charge is -2.20. The van der Waals surface area contributed by atoms with E-state index in [4.69, 9.17) is 4.98 Å². The summed E-state index contributed by atoms with van der Waals surface area (Å²) in [6.07, 6.45) is 1.86. The summed E-state index contributed by atoms with van der Waals surface area (Å²) in [4.78, 5) is 9.41. The highest BCUT2D eigenvalue weighted by Crippen LogP contribution is 2.42. The summed E-state index contributed by atoms with van der Waals surface area (Å²) in [5, 5.41) is 2.46. The Labute approximate surface area is 204 Å². The molecule has 0 saturated heterocycles. The van der Waals surface area contributed by atoms with Crippen LogP contribution in [0.25, 0.3) is 38.8 Å².